The van der Waals surface area contributed by atoms with E-state index in [4.69, 9.17) is 15.6 Å². The first-order valence-corrected chi connectivity index (χ1v) is 7.34. The van der Waals surface area contributed by atoms with Crippen LogP contribution in [0.15, 0.2) is 36.7 Å². The standard InChI is InChI=1S/C16H18N4O4/c17-15-14(18-7-8-19-15)16(23)20-10-11-3-5-12(6-4-11)24-9-1-2-13(21)22/h3-8H,1-2,9-10H2,(H2,17,19)(H,20,23)(H,21,22). The summed E-state index contributed by atoms with van der Waals surface area (Å²) in [6.45, 7) is 0.655. The van der Waals surface area contributed by atoms with Crippen molar-refractivity contribution in [2.24, 2.45) is 0 Å². The molecule has 8 nitrogen and oxygen atoms in total. The lowest BCUT2D eigenvalue weighted by atomic mass is 10.2. The number of nitrogens with two attached hydrogens (primary N) is 1. The summed E-state index contributed by atoms with van der Waals surface area (Å²) < 4.78 is 5.44. The van der Waals surface area contributed by atoms with Crippen molar-refractivity contribution in [3.05, 3.63) is 47.9 Å². The third kappa shape index (κ3) is 5.24. The fraction of sp³-hybridized carbons (Fsp3) is 0.250. The molecule has 0 spiro atoms. The summed E-state index contributed by atoms with van der Waals surface area (Å²) in [5, 5.41) is 11.3. The van der Waals surface area contributed by atoms with Crippen molar-refractivity contribution in [2.75, 3.05) is 12.3 Å². The number of carboxylic acids is 1. The lowest BCUT2D eigenvalue weighted by Gasteiger charge is -2.08. The third-order valence-corrected chi connectivity index (χ3v) is 3.12. The van der Waals surface area contributed by atoms with Crippen LogP contribution in [0.4, 0.5) is 5.82 Å². The topological polar surface area (TPSA) is 127 Å². The van der Waals surface area contributed by atoms with Gasteiger partial charge in [0, 0.05) is 25.4 Å². The second-order valence-electron chi connectivity index (χ2n) is 4.96. The molecule has 0 aliphatic carbocycles. The number of hydrogen-bond donors (Lipinski definition) is 3. The first kappa shape index (κ1) is 17.2. The van der Waals surface area contributed by atoms with E-state index in [2.05, 4.69) is 15.3 Å². The summed E-state index contributed by atoms with van der Waals surface area (Å²) in [6.07, 6.45) is 3.35. The Labute approximate surface area is 138 Å². The number of rotatable bonds is 8. The molecule has 2 rings (SSSR count). The Hall–Kier alpha value is -3.16. The highest BCUT2D eigenvalue weighted by Crippen LogP contribution is 2.13. The number of nitrogens with one attached hydrogen (secondary N) is 1. The minimum absolute atomic E-state index is 0.0790. The molecule has 1 heterocycles. The molecule has 1 aromatic heterocycles. The molecule has 0 aliphatic rings. The van der Waals surface area contributed by atoms with Crippen LogP contribution in [0.5, 0.6) is 5.75 Å². The molecule has 0 atom stereocenters. The number of carbonyl (C=O) groups excluding carboxylic acids is 1. The summed E-state index contributed by atoms with van der Waals surface area (Å²) in [4.78, 5) is 30.1. The highest BCUT2D eigenvalue weighted by atomic mass is 16.5. The van der Waals surface area contributed by atoms with Gasteiger partial charge < -0.3 is 20.9 Å². The number of carboxylic acid groups (broad SMARTS) is 1. The molecular weight excluding hydrogens is 312 g/mol. The molecule has 1 aromatic carbocycles. The van der Waals surface area contributed by atoms with Crippen LogP contribution in [0.2, 0.25) is 0 Å². The SMILES string of the molecule is Nc1nccnc1C(=O)NCc1ccc(OCCCC(=O)O)cc1. The molecule has 0 saturated carbocycles. The summed E-state index contributed by atoms with van der Waals surface area (Å²) in [7, 11) is 0. The van der Waals surface area contributed by atoms with Crippen molar-refractivity contribution in [1.29, 1.82) is 0 Å². The van der Waals surface area contributed by atoms with E-state index in [1.165, 1.54) is 12.4 Å². The monoisotopic (exact) mass is 330 g/mol. The molecule has 24 heavy (non-hydrogen) atoms. The number of hydrogen-bond acceptors (Lipinski definition) is 6. The van der Waals surface area contributed by atoms with Gasteiger partial charge in [-0.2, -0.15) is 0 Å². The summed E-state index contributed by atoms with van der Waals surface area (Å²) in [6, 6.07) is 7.15. The summed E-state index contributed by atoms with van der Waals surface area (Å²) >= 11 is 0. The van der Waals surface area contributed by atoms with E-state index in [1.807, 2.05) is 12.1 Å². The number of nitrogens with zero attached hydrogens (tertiary/aromatic N) is 2. The van der Waals surface area contributed by atoms with Gasteiger partial charge in [-0.05, 0) is 24.1 Å². The van der Waals surface area contributed by atoms with Gasteiger partial charge in [-0.25, -0.2) is 9.97 Å². The highest BCUT2D eigenvalue weighted by molar-refractivity contribution is 5.96. The summed E-state index contributed by atoms with van der Waals surface area (Å²) in [5.41, 5.74) is 6.57. The van der Waals surface area contributed by atoms with E-state index in [0.717, 1.165) is 5.56 Å². The van der Waals surface area contributed by atoms with Gasteiger partial charge in [0.1, 0.15) is 5.75 Å². The van der Waals surface area contributed by atoms with Crippen LogP contribution < -0.4 is 15.8 Å². The molecule has 8 heteroatoms. The van der Waals surface area contributed by atoms with Gasteiger partial charge in [-0.15, -0.1) is 0 Å². The maximum Gasteiger partial charge on any atom is 0.303 e. The van der Waals surface area contributed by atoms with Gasteiger partial charge in [0.2, 0.25) is 0 Å². The van der Waals surface area contributed by atoms with Crippen molar-refractivity contribution in [3.63, 3.8) is 0 Å². The van der Waals surface area contributed by atoms with E-state index < -0.39 is 11.9 Å². The van der Waals surface area contributed by atoms with Gasteiger partial charge in [-0.1, -0.05) is 12.1 Å². The molecule has 0 unspecified atom stereocenters. The average Bonchev–Trinajstić information content (AvgIpc) is 2.58. The van der Waals surface area contributed by atoms with Gasteiger partial charge in [0.25, 0.3) is 5.91 Å². The number of aromatic nitrogens is 2. The zero-order valence-electron chi connectivity index (χ0n) is 12.9. The molecule has 1 amide bonds. The number of anilines is 1. The lowest BCUT2D eigenvalue weighted by Crippen LogP contribution is -2.25. The smallest absolute Gasteiger partial charge is 0.303 e. The maximum atomic E-state index is 12.0. The maximum absolute atomic E-state index is 12.0. The van der Waals surface area contributed by atoms with Gasteiger partial charge in [-0.3, -0.25) is 9.59 Å². The van der Waals surface area contributed by atoms with Crippen LogP contribution in [0, 0.1) is 0 Å². The van der Waals surface area contributed by atoms with E-state index in [9.17, 15) is 9.59 Å². The fourth-order valence-electron chi connectivity index (χ4n) is 1.91. The number of aliphatic carboxylic acids is 1. The molecule has 0 radical (unpaired) electrons. The first-order chi connectivity index (χ1) is 11.6. The first-order valence-electron chi connectivity index (χ1n) is 7.34. The minimum Gasteiger partial charge on any atom is -0.494 e. The van der Waals surface area contributed by atoms with Crippen LogP contribution in [0.3, 0.4) is 0 Å². The lowest BCUT2D eigenvalue weighted by molar-refractivity contribution is -0.137. The quantitative estimate of drug-likeness (QED) is 0.621. The highest BCUT2D eigenvalue weighted by Gasteiger charge is 2.11. The number of benzene rings is 1. The van der Waals surface area contributed by atoms with Gasteiger partial charge >= 0.3 is 5.97 Å². The third-order valence-electron chi connectivity index (χ3n) is 3.12. The largest absolute Gasteiger partial charge is 0.494 e. The average molecular weight is 330 g/mol. The molecule has 4 N–H and O–H groups in total. The second kappa shape index (κ2) is 8.47. The fourth-order valence-corrected chi connectivity index (χ4v) is 1.91. The Morgan fingerprint density at radius 3 is 2.54 bits per heavy atom. The number of ether oxygens (including phenoxy) is 1. The van der Waals surface area contributed by atoms with E-state index >= 15 is 0 Å². The number of amides is 1. The Bertz CT molecular complexity index is 703. The van der Waals surface area contributed by atoms with E-state index in [-0.39, 0.29) is 17.9 Å². The number of nitrogen functional groups attached to an aromatic ring is 1. The Morgan fingerprint density at radius 1 is 1.17 bits per heavy atom. The summed E-state index contributed by atoms with van der Waals surface area (Å²) in [5.74, 6) is -0.503. The van der Waals surface area contributed by atoms with Crippen LogP contribution in [-0.4, -0.2) is 33.6 Å². The van der Waals surface area contributed by atoms with Crippen molar-refractivity contribution >= 4 is 17.7 Å². The Balaban J connectivity index is 1.80. The van der Waals surface area contributed by atoms with Gasteiger partial charge in [0.05, 0.1) is 6.61 Å². The second-order valence-corrected chi connectivity index (χ2v) is 4.96. The Kier molecular flexibility index (Phi) is 6.07. The molecule has 0 aliphatic heterocycles. The van der Waals surface area contributed by atoms with Crippen molar-refractivity contribution in [3.8, 4) is 5.75 Å². The van der Waals surface area contributed by atoms with Crippen LogP contribution in [0.1, 0.15) is 28.9 Å². The van der Waals surface area contributed by atoms with Crippen LogP contribution in [0.25, 0.3) is 0 Å². The predicted octanol–water partition coefficient (Wildman–Crippen LogP) is 1.23. The van der Waals surface area contributed by atoms with Crippen molar-refractivity contribution in [2.45, 2.75) is 19.4 Å². The van der Waals surface area contributed by atoms with Crippen LogP contribution in [-0.2, 0) is 11.3 Å². The molecule has 0 fully saturated rings. The minimum atomic E-state index is -0.839. The molecule has 0 saturated heterocycles. The molecular formula is C16H18N4O4. The molecule has 0 bridgehead atoms. The van der Waals surface area contributed by atoms with E-state index in [1.54, 1.807) is 12.1 Å². The van der Waals surface area contributed by atoms with Gasteiger partial charge in [0.15, 0.2) is 11.5 Å². The molecule has 2 aromatic rings. The zero-order valence-corrected chi connectivity index (χ0v) is 12.9. The zero-order chi connectivity index (χ0) is 17.4. The van der Waals surface area contributed by atoms with Crippen molar-refractivity contribution in [1.82, 2.24) is 15.3 Å². The van der Waals surface area contributed by atoms with E-state index in [0.29, 0.717) is 25.3 Å². The number of carbonyl (C=O) groups is 2. The normalized spacial score (nSPS) is 10.2. The van der Waals surface area contributed by atoms with Crippen molar-refractivity contribution < 1.29 is 19.4 Å². The van der Waals surface area contributed by atoms with Crippen LogP contribution >= 0.6 is 0 Å². The predicted molar refractivity (Wildman–Crippen MR) is 86.4 cm³/mol. The molecule has 126 valence electrons. The Morgan fingerprint density at radius 2 is 1.88 bits per heavy atom.